The minimum absolute atomic E-state index is 0.169. The van der Waals surface area contributed by atoms with E-state index in [2.05, 4.69) is 10.3 Å². The number of fused-ring (bicyclic) bond motifs is 1. The number of carbonyl (C=O) groups is 1. The van der Waals surface area contributed by atoms with Crippen molar-refractivity contribution in [3.8, 4) is 0 Å². The Hall–Kier alpha value is -2.33. The van der Waals surface area contributed by atoms with Crippen molar-refractivity contribution in [2.75, 3.05) is 6.54 Å². The molecule has 0 saturated heterocycles. The fourth-order valence-corrected chi connectivity index (χ4v) is 3.18. The summed E-state index contributed by atoms with van der Waals surface area (Å²) >= 11 is 5.90. The van der Waals surface area contributed by atoms with Crippen LogP contribution in [-0.2, 0) is 6.42 Å². The van der Waals surface area contributed by atoms with E-state index in [9.17, 15) is 9.18 Å². The zero-order valence-electron chi connectivity index (χ0n) is 13.5. The zero-order valence-corrected chi connectivity index (χ0v) is 14.3. The first-order valence-corrected chi connectivity index (χ1v) is 8.15. The highest BCUT2D eigenvalue weighted by molar-refractivity contribution is 6.30. The maximum Gasteiger partial charge on any atom is 0.251 e. The van der Waals surface area contributed by atoms with Gasteiger partial charge in [0.05, 0.1) is 5.52 Å². The summed E-state index contributed by atoms with van der Waals surface area (Å²) < 4.78 is 14.0. The number of aromatic nitrogens is 1. The first-order chi connectivity index (χ1) is 11.5. The maximum absolute atomic E-state index is 14.0. The summed E-state index contributed by atoms with van der Waals surface area (Å²) in [6, 6.07) is 10.1. The highest BCUT2D eigenvalue weighted by Crippen LogP contribution is 2.27. The van der Waals surface area contributed by atoms with E-state index < -0.39 is 0 Å². The van der Waals surface area contributed by atoms with Crippen molar-refractivity contribution in [2.24, 2.45) is 0 Å². The van der Waals surface area contributed by atoms with E-state index in [1.54, 1.807) is 30.3 Å². The first kappa shape index (κ1) is 16.5. The number of rotatable bonds is 4. The summed E-state index contributed by atoms with van der Waals surface area (Å²) in [6.07, 6.45) is 0.627. The second-order valence-corrected chi connectivity index (χ2v) is 6.30. The van der Waals surface area contributed by atoms with Crippen LogP contribution in [0.1, 0.15) is 27.2 Å². The molecule has 5 heteroatoms. The standard InChI is InChI=1S/C19H18ClFN2O/c1-11-6-7-16(21)18-17(11)15(12(2)23-18)8-9-22-19(24)13-4-3-5-14(20)10-13/h3-7,10,23H,8-9H2,1-2H3,(H,22,24). The van der Waals surface area contributed by atoms with Crippen LogP contribution in [0.25, 0.3) is 10.9 Å². The molecule has 0 fully saturated rings. The minimum atomic E-state index is -0.257. The van der Waals surface area contributed by atoms with Crippen molar-refractivity contribution in [2.45, 2.75) is 20.3 Å². The van der Waals surface area contributed by atoms with E-state index >= 15 is 0 Å². The maximum atomic E-state index is 14.0. The average Bonchev–Trinajstić information content (AvgIpc) is 2.89. The van der Waals surface area contributed by atoms with Crippen molar-refractivity contribution in [1.29, 1.82) is 0 Å². The van der Waals surface area contributed by atoms with Gasteiger partial charge >= 0.3 is 0 Å². The molecule has 124 valence electrons. The third kappa shape index (κ3) is 3.15. The number of hydrogen-bond donors (Lipinski definition) is 2. The van der Waals surface area contributed by atoms with E-state index in [0.29, 0.717) is 29.1 Å². The molecule has 3 aromatic rings. The number of halogens is 2. The van der Waals surface area contributed by atoms with Gasteiger partial charge in [-0.1, -0.05) is 23.7 Å². The Morgan fingerprint density at radius 2 is 2.04 bits per heavy atom. The Labute approximate surface area is 144 Å². The highest BCUT2D eigenvalue weighted by atomic mass is 35.5. The molecule has 2 N–H and O–H groups in total. The van der Waals surface area contributed by atoms with Crippen LogP contribution in [0, 0.1) is 19.7 Å². The van der Waals surface area contributed by atoms with Gasteiger partial charge in [-0.2, -0.15) is 0 Å². The third-order valence-electron chi connectivity index (χ3n) is 4.18. The number of nitrogens with one attached hydrogen (secondary N) is 2. The van der Waals surface area contributed by atoms with E-state index in [4.69, 9.17) is 11.6 Å². The first-order valence-electron chi connectivity index (χ1n) is 7.77. The van der Waals surface area contributed by atoms with Crippen LogP contribution in [0.3, 0.4) is 0 Å². The molecule has 1 aromatic heterocycles. The number of aryl methyl sites for hydroxylation is 2. The Kier molecular flexibility index (Phi) is 4.58. The molecule has 3 rings (SSSR count). The van der Waals surface area contributed by atoms with E-state index in [-0.39, 0.29) is 11.7 Å². The van der Waals surface area contributed by atoms with E-state index in [0.717, 1.165) is 22.2 Å². The normalized spacial score (nSPS) is 11.0. The molecule has 0 aliphatic rings. The summed E-state index contributed by atoms with van der Waals surface area (Å²) in [5.41, 5.74) is 4.04. The largest absolute Gasteiger partial charge is 0.356 e. The Morgan fingerprint density at radius 1 is 1.25 bits per heavy atom. The lowest BCUT2D eigenvalue weighted by molar-refractivity contribution is 0.0954. The zero-order chi connectivity index (χ0) is 17.3. The lowest BCUT2D eigenvalue weighted by Gasteiger charge is -2.07. The molecule has 1 heterocycles. The number of carbonyl (C=O) groups excluding carboxylic acids is 1. The molecule has 24 heavy (non-hydrogen) atoms. The SMILES string of the molecule is Cc1[nH]c2c(F)ccc(C)c2c1CCNC(=O)c1cccc(Cl)c1. The summed E-state index contributed by atoms with van der Waals surface area (Å²) in [7, 11) is 0. The number of H-pyrrole nitrogens is 1. The van der Waals surface area contributed by atoms with Crippen LogP contribution in [0.2, 0.25) is 5.02 Å². The topological polar surface area (TPSA) is 44.9 Å². The highest BCUT2D eigenvalue weighted by Gasteiger charge is 2.14. The van der Waals surface area contributed by atoms with Crippen LogP contribution in [0.4, 0.5) is 4.39 Å². The van der Waals surface area contributed by atoms with Gasteiger partial charge in [-0.25, -0.2) is 4.39 Å². The number of benzene rings is 2. The minimum Gasteiger partial charge on any atom is -0.356 e. The van der Waals surface area contributed by atoms with Crippen LogP contribution in [0.15, 0.2) is 36.4 Å². The molecule has 0 bridgehead atoms. The summed E-state index contributed by atoms with van der Waals surface area (Å²) in [5.74, 6) is -0.425. The molecule has 0 saturated carbocycles. The van der Waals surface area contributed by atoms with Crippen LogP contribution < -0.4 is 5.32 Å². The van der Waals surface area contributed by atoms with E-state index in [1.807, 2.05) is 13.8 Å². The van der Waals surface area contributed by atoms with Crippen molar-refractivity contribution in [3.05, 3.63) is 69.6 Å². The van der Waals surface area contributed by atoms with Crippen LogP contribution >= 0.6 is 11.6 Å². The molecule has 0 unspecified atom stereocenters. The molecule has 0 radical (unpaired) electrons. The molecule has 3 nitrogen and oxygen atoms in total. The quantitative estimate of drug-likeness (QED) is 0.716. The van der Waals surface area contributed by atoms with Crippen LogP contribution in [0.5, 0.6) is 0 Å². The van der Waals surface area contributed by atoms with Gasteiger partial charge in [0.15, 0.2) is 0 Å². The Morgan fingerprint density at radius 3 is 2.79 bits per heavy atom. The molecular weight excluding hydrogens is 327 g/mol. The summed E-state index contributed by atoms with van der Waals surface area (Å²) in [5, 5.41) is 4.32. The van der Waals surface area contributed by atoms with Crippen molar-refractivity contribution in [1.82, 2.24) is 10.3 Å². The van der Waals surface area contributed by atoms with Gasteiger partial charge in [-0.3, -0.25) is 4.79 Å². The predicted octanol–water partition coefficient (Wildman–Crippen LogP) is 4.55. The fourth-order valence-electron chi connectivity index (χ4n) is 2.99. The van der Waals surface area contributed by atoms with Gasteiger partial charge in [0.2, 0.25) is 0 Å². The molecule has 0 atom stereocenters. The number of amides is 1. The molecule has 2 aromatic carbocycles. The number of hydrogen-bond acceptors (Lipinski definition) is 1. The molecule has 0 aliphatic carbocycles. The molecule has 0 aliphatic heterocycles. The predicted molar refractivity (Wildman–Crippen MR) is 95.2 cm³/mol. The summed E-state index contributed by atoms with van der Waals surface area (Å²) in [6.45, 7) is 4.35. The lowest BCUT2D eigenvalue weighted by Crippen LogP contribution is -2.25. The Balaban J connectivity index is 1.76. The third-order valence-corrected chi connectivity index (χ3v) is 4.41. The second-order valence-electron chi connectivity index (χ2n) is 5.86. The second kappa shape index (κ2) is 6.65. The monoisotopic (exact) mass is 344 g/mol. The van der Waals surface area contributed by atoms with Crippen molar-refractivity contribution >= 4 is 28.4 Å². The average molecular weight is 345 g/mol. The Bertz CT molecular complexity index is 917. The molecule has 0 spiro atoms. The van der Waals surface area contributed by atoms with Gasteiger partial charge in [-0.15, -0.1) is 0 Å². The lowest BCUT2D eigenvalue weighted by atomic mass is 10.0. The van der Waals surface area contributed by atoms with Gasteiger partial charge < -0.3 is 10.3 Å². The summed E-state index contributed by atoms with van der Waals surface area (Å²) in [4.78, 5) is 15.3. The van der Waals surface area contributed by atoms with E-state index in [1.165, 1.54) is 6.07 Å². The fraction of sp³-hybridized carbons (Fsp3) is 0.211. The van der Waals surface area contributed by atoms with Gasteiger partial charge in [-0.05, 0) is 55.7 Å². The van der Waals surface area contributed by atoms with Gasteiger partial charge in [0.25, 0.3) is 5.91 Å². The van der Waals surface area contributed by atoms with Crippen molar-refractivity contribution < 1.29 is 9.18 Å². The molecular formula is C19H18ClFN2O. The smallest absolute Gasteiger partial charge is 0.251 e. The van der Waals surface area contributed by atoms with Crippen molar-refractivity contribution in [3.63, 3.8) is 0 Å². The van der Waals surface area contributed by atoms with Crippen LogP contribution in [-0.4, -0.2) is 17.4 Å². The number of aromatic amines is 1. The van der Waals surface area contributed by atoms with Gasteiger partial charge in [0.1, 0.15) is 5.82 Å². The van der Waals surface area contributed by atoms with Gasteiger partial charge in [0, 0.05) is 28.2 Å². The molecule has 1 amide bonds.